The molecule has 0 bridgehead atoms. The first-order chi connectivity index (χ1) is 14.6. The van der Waals surface area contributed by atoms with Crippen molar-refractivity contribution in [3.63, 3.8) is 0 Å². The first-order valence-electron chi connectivity index (χ1n) is 9.29. The lowest BCUT2D eigenvalue weighted by molar-refractivity contribution is 0.363. The van der Waals surface area contributed by atoms with E-state index in [1.165, 1.54) is 42.5 Å². The third-order valence-electron chi connectivity index (χ3n) is 4.36. The van der Waals surface area contributed by atoms with Gasteiger partial charge in [0, 0.05) is 12.6 Å². The van der Waals surface area contributed by atoms with Gasteiger partial charge in [0.1, 0.15) is 17.3 Å². The molecule has 9 heteroatoms. The van der Waals surface area contributed by atoms with Gasteiger partial charge in [0.2, 0.25) is 10.0 Å². The van der Waals surface area contributed by atoms with Crippen LogP contribution in [0, 0.1) is 5.82 Å². The molecular weight excluding hydrogens is 462 g/mol. The standard InChI is InChI=1S/C22H21Cl2FN2O3S/c1-27(2)14-22(15-6-11-20(23)21(24)12-15)26-31(28,29)19-9-7-17(8-10-19)30-18-5-3-4-16(25)13-18/h3-13,22,26H,14H2,1-2H3. The summed E-state index contributed by atoms with van der Waals surface area (Å²) in [5.74, 6) is 0.286. The average Bonchev–Trinajstić information content (AvgIpc) is 2.69. The lowest BCUT2D eigenvalue weighted by atomic mass is 10.1. The van der Waals surface area contributed by atoms with Crippen LogP contribution in [0.3, 0.4) is 0 Å². The zero-order chi connectivity index (χ0) is 22.6. The Bertz CT molecular complexity index is 1160. The van der Waals surface area contributed by atoms with Crippen LogP contribution in [-0.4, -0.2) is 34.0 Å². The van der Waals surface area contributed by atoms with Gasteiger partial charge in [-0.1, -0.05) is 35.3 Å². The molecule has 0 fully saturated rings. The van der Waals surface area contributed by atoms with Gasteiger partial charge in [0.05, 0.1) is 21.0 Å². The van der Waals surface area contributed by atoms with Gasteiger partial charge in [-0.25, -0.2) is 17.5 Å². The van der Waals surface area contributed by atoms with E-state index >= 15 is 0 Å². The van der Waals surface area contributed by atoms with Crippen LogP contribution in [0.4, 0.5) is 4.39 Å². The molecule has 0 saturated carbocycles. The van der Waals surface area contributed by atoms with E-state index in [-0.39, 0.29) is 4.90 Å². The highest BCUT2D eigenvalue weighted by atomic mass is 35.5. The topological polar surface area (TPSA) is 58.6 Å². The van der Waals surface area contributed by atoms with Crippen molar-refractivity contribution in [1.29, 1.82) is 0 Å². The zero-order valence-corrected chi connectivity index (χ0v) is 19.2. The predicted molar refractivity (Wildman–Crippen MR) is 121 cm³/mol. The van der Waals surface area contributed by atoms with Crippen LogP contribution >= 0.6 is 23.2 Å². The van der Waals surface area contributed by atoms with Gasteiger partial charge >= 0.3 is 0 Å². The molecule has 1 atom stereocenters. The summed E-state index contributed by atoms with van der Waals surface area (Å²) in [5.41, 5.74) is 0.692. The molecular formula is C22H21Cl2FN2O3S. The van der Waals surface area contributed by atoms with Crippen molar-refractivity contribution < 1.29 is 17.5 Å². The number of hydrogen-bond donors (Lipinski definition) is 1. The molecule has 0 radical (unpaired) electrons. The SMILES string of the molecule is CN(C)CC(NS(=O)(=O)c1ccc(Oc2cccc(F)c2)cc1)c1ccc(Cl)c(Cl)c1. The molecule has 0 aliphatic heterocycles. The molecule has 3 aromatic carbocycles. The van der Waals surface area contributed by atoms with Gasteiger partial charge in [0.15, 0.2) is 0 Å². The predicted octanol–water partition coefficient (Wildman–Crippen LogP) is 5.51. The van der Waals surface area contributed by atoms with E-state index in [1.807, 2.05) is 19.0 Å². The second-order valence-corrected chi connectivity index (χ2v) is 9.67. The normalized spacial score (nSPS) is 12.7. The number of likely N-dealkylation sites (N-methyl/N-ethyl adjacent to an activating group) is 1. The molecule has 164 valence electrons. The first kappa shape index (κ1) is 23.5. The van der Waals surface area contributed by atoms with Gasteiger partial charge in [-0.15, -0.1) is 0 Å². The largest absolute Gasteiger partial charge is 0.457 e. The molecule has 0 aromatic heterocycles. The summed E-state index contributed by atoms with van der Waals surface area (Å²) >= 11 is 12.1. The fourth-order valence-electron chi connectivity index (χ4n) is 2.91. The summed E-state index contributed by atoms with van der Waals surface area (Å²) < 4.78 is 47.6. The summed E-state index contributed by atoms with van der Waals surface area (Å²) in [6, 6.07) is 16.1. The average molecular weight is 483 g/mol. The Morgan fingerprint density at radius 2 is 1.68 bits per heavy atom. The highest BCUT2D eigenvalue weighted by Gasteiger charge is 2.23. The molecule has 0 saturated heterocycles. The van der Waals surface area contributed by atoms with Crippen LogP contribution in [0.15, 0.2) is 71.6 Å². The molecule has 0 heterocycles. The van der Waals surface area contributed by atoms with E-state index in [0.717, 1.165) is 0 Å². The summed E-state index contributed by atoms with van der Waals surface area (Å²) in [6.07, 6.45) is 0. The lowest BCUT2D eigenvalue weighted by Gasteiger charge is -2.23. The second-order valence-electron chi connectivity index (χ2n) is 7.14. The smallest absolute Gasteiger partial charge is 0.241 e. The molecule has 0 aliphatic carbocycles. The van der Waals surface area contributed by atoms with Crippen LogP contribution < -0.4 is 9.46 Å². The van der Waals surface area contributed by atoms with Crippen LogP contribution in [0.1, 0.15) is 11.6 Å². The van der Waals surface area contributed by atoms with Crippen LogP contribution in [0.25, 0.3) is 0 Å². The fraction of sp³-hybridized carbons (Fsp3) is 0.182. The molecule has 31 heavy (non-hydrogen) atoms. The Labute approximate surface area is 191 Å². The Hall–Kier alpha value is -2.16. The molecule has 0 spiro atoms. The number of hydrogen-bond acceptors (Lipinski definition) is 4. The van der Waals surface area contributed by atoms with Crippen molar-refractivity contribution in [2.45, 2.75) is 10.9 Å². The Morgan fingerprint density at radius 1 is 0.968 bits per heavy atom. The molecule has 3 aromatic rings. The number of nitrogens with one attached hydrogen (secondary N) is 1. The Kier molecular flexibility index (Phi) is 7.56. The number of halogens is 3. The van der Waals surface area contributed by atoms with Crippen molar-refractivity contribution in [2.24, 2.45) is 0 Å². The number of sulfonamides is 1. The first-order valence-corrected chi connectivity index (χ1v) is 11.5. The minimum atomic E-state index is -3.84. The minimum absolute atomic E-state index is 0.0721. The van der Waals surface area contributed by atoms with Crippen molar-refractivity contribution in [1.82, 2.24) is 9.62 Å². The number of ether oxygens (including phenoxy) is 1. The quantitative estimate of drug-likeness (QED) is 0.460. The van der Waals surface area contributed by atoms with Crippen molar-refractivity contribution >= 4 is 33.2 Å². The van der Waals surface area contributed by atoms with E-state index in [1.54, 1.807) is 24.3 Å². The number of rotatable bonds is 8. The summed E-state index contributed by atoms with van der Waals surface area (Å²) in [7, 11) is -0.152. The Balaban J connectivity index is 1.80. The van der Waals surface area contributed by atoms with E-state index in [2.05, 4.69) is 4.72 Å². The van der Waals surface area contributed by atoms with Gasteiger partial charge in [-0.05, 0) is 68.2 Å². The van der Waals surface area contributed by atoms with Gasteiger partial charge in [-0.2, -0.15) is 0 Å². The second kappa shape index (κ2) is 9.97. The maximum Gasteiger partial charge on any atom is 0.241 e. The van der Waals surface area contributed by atoms with Crippen LogP contribution in [-0.2, 0) is 10.0 Å². The third kappa shape index (κ3) is 6.41. The van der Waals surface area contributed by atoms with E-state index in [0.29, 0.717) is 33.7 Å². The Morgan fingerprint density at radius 3 is 2.29 bits per heavy atom. The highest BCUT2D eigenvalue weighted by Crippen LogP contribution is 2.28. The highest BCUT2D eigenvalue weighted by molar-refractivity contribution is 7.89. The van der Waals surface area contributed by atoms with Crippen molar-refractivity contribution in [2.75, 3.05) is 20.6 Å². The fourth-order valence-corrected chi connectivity index (χ4v) is 4.44. The minimum Gasteiger partial charge on any atom is -0.457 e. The summed E-state index contributed by atoms with van der Waals surface area (Å²) in [5, 5.41) is 0.742. The van der Waals surface area contributed by atoms with Crippen molar-refractivity contribution in [3.05, 3.63) is 88.2 Å². The van der Waals surface area contributed by atoms with Crippen molar-refractivity contribution in [3.8, 4) is 11.5 Å². The van der Waals surface area contributed by atoms with Crippen LogP contribution in [0.5, 0.6) is 11.5 Å². The van der Waals surface area contributed by atoms with Gasteiger partial charge in [0.25, 0.3) is 0 Å². The van der Waals surface area contributed by atoms with Crippen LogP contribution in [0.2, 0.25) is 10.0 Å². The molecule has 3 rings (SSSR count). The van der Waals surface area contributed by atoms with Gasteiger partial charge < -0.3 is 9.64 Å². The number of benzene rings is 3. The molecule has 1 N–H and O–H groups in total. The lowest BCUT2D eigenvalue weighted by Crippen LogP contribution is -2.35. The maximum atomic E-state index is 13.3. The third-order valence-corrected chi connectivity index (χ3v) is 6.58. The van der Waals surface area contributed by atoms with E-state index in [9.17, 15) is 12.8 Å². The molecule has 1 unspecified atom stereocenters. The van der Waals surface area contributed by atoms with E-state index < -0.39 is 21.9 Å². The molecule has 0 amide bonds. The number of nitrogens with zero attached hydrogens (tertiary/aromatic N) is 1. The monoisotopic (exact) mass is 482 g/mol. The van der Waals surface area contributed by atoms with Gasteiger partial charge in [-0.3, -0.25) is 0 Å². The zero-order valence-electron chi connectivity index (χ0n) is 16.8. The summed E-state index contributed by atoms with van der Waals surface area (Å²) in [4.78, 5) is 1.94. The van der Waals surface area contributed by atoms with E-state index in [4.69, 9.17) is 27.9 Å². The molecule has 5 nitrogen and oxygen atoms in total. The molecule has 0 aliphatic rings. The maximum absolute atomic E-state index is 13.3. The summed E-state index contributed by atoms with van der Waals surface area (Å²) in [6.45, 7) is 0.415.